The molecule has 0 unspecified atom stereocenters. The fourth-order valence-corrected chi connectivity index (χ4v) is 3.06. The van der Waals surface area contributed by atoms with Gasteiger partial charge in [0, 0.05) is 30.9 Å². The Balaban J connectivity index is 1.86. The Morgan fingerprint density at radius 2 is 1.96 bits per heavy atom. The van der Waals surface area contributed by atoms with E-state index in [2.05, 4.69) is 9.97 Å². The van der Waals surface area contributed by atoms with Gasteiger partial charge in [-0.2, -0.15) is 13.2 Å². The van der Waals surface area contributed by atoms with Crippen LogP contribution >= 0.6 is 12.2 Å². The zero-order valence-electron chi connectivity index (χ0n) is 12.0. The molecule has 1 aromatic carbocycles. The predicted octanol–water partition coefficient (Wildman–Crippen LogP) is 3.01. The Morgan fingerprint density at radius 3 is 2.70 bits per heavy atom. The highest BCUT2D eigenvalue weighted by Crippen LogP contribution is 2.32. The van der Waals surface area contributed by atoms with Gasteiger partial charge in [-0.05, 0) is 30.3 Å². The Labute approximate surface area is 135 Å². The highest BCUT2D eigenvalue weighted by atomic mass is 32.1. The van der Waals surface area contributed by atoms with Crippen LogP contribution < -0.4 is 5.56 Å². The van der Waals surface area contributed by atoms with Crippen LogP contribution in [0, 0.1) is 4.77 Å². The third-order valence-corrected chi connectivity index (χ3v) is 4.11. The SMILES string of the molecule is O=c1[nH]c(=S)[nH]c2c1CCN(Cc1ccccc1C(F)(F)F)C2. The van der Waals surface area contributed by atoms with Crippen molar-refractivity contribution in [2.24, 2.45) is 0 Å². The summed E-state index contributed by atoms with van der Waals surface area (Å²) < 4.78 is 39.4. The van der Waals surface area contributed by atoms with Crippen LogP contribution in [-0.4, -0.2) is 21.4 Å². The van der Waals surface area contributed by atoms with Crippen LogP contribution in [0.4, 0.5) is 13.2 Å². The highest BCUT2D eigenvalue weighted by molar-refractivity contribution is 7.71. The number of hydrogen-bond acceptors (Lipinski definition) is 3. The second-order valence-corrected chi connectivity index (χ2v) is 5.89. The number of H-pyrrole nitrogens is 2. The molecule has 0 radical (unpaired) electrons. The minimum atomic E-state index is -4.37. The summed E-state index contributed by atoms with van der Waals surface area (Å²) in [7, 11) is 0. The molecular formula is C15H14F3N3OS. The summed E-state index contributed by atoms with van der Waals surface area (Å²) in [6.07, 6.45) is -3.90. The lowest BCUT2D eigenvalue weighted by Crippen LogP contribution is -2.35. The largest absolute Gasteiger partial charge is 0.416 e. The normalized spacial score (nSPS) is 15.4. The molecular weight excluding hydrogens is 327 g/mol. The molecule has 0 amide bonds. The topological polar surface area (TPSA) is 51.9 Å². The van der Waals surface area contributed by atoms with Crippen molar-refractivity contribution in [2.45, 2.75) is 25.7 Å². The van der Waals surface area contributed by atoms with Gasteiger partial charge in [-0.3, -0.25) is 14.7 Å². The Hall–Kier alpha value is -1.93. The zero-order valence-corrected chi connectivity index (χ0v) is 12.9. The summed E-state index contributed by atoms with van der Waals surface area (Å²) in [6.45, 7) is 1.06. The van der Waals surface area contributed by atoms with Crippen LogP contribution in [0.15, 0.2) is 29.1 Å². The molecule has 0 aliphatic carbocycles. The maximum atomic E-state index is 13.1. The molecule has 0 fully saturated rings. The van der Waals surface area contributed by atoms with E-state index >= 15 is 0 Å². The second kappa shape index (κ2) is 5.93. The molecule has 23 heavy (non-hydrogen) atoms. The quantitative estimate of drug-likeness (QED) is 0.826. The molecule has 0 atom stereocenters. The van der Waals surface area contributed by atoms with Crippen molar-refractivity contribution in [3.8, 4) is 0 Å². The highest BCUT2D eigenvalue weighted by Gasteiger charge is 2.33. The lowest BCUT2D eigenvalue weighted by Gasteiger charge is -2.28. The molecule has 2 aromatic rings. The van der Waals surface area contributed by atoms with E-state index in [1.54, 1.807) is 6.07 Å². The van der Waals surface area contributed by atoms with Crippen LogP contribution in [0.2, 0.25) is 0 Å². The summed E-state index contributed by atoms with van der Waals surface area (Å²) in [6, 6.07) is 5.55. The van der Waals surface area contributed by atoms with Crippen LogP contribution in [0.25, 0.3) is 0 Å². The number of fused-ring (bicyclic) bond motifs is 1. The van der Waals surface area contributed by atoms with Crippen molar-refractivity contribution in [2.75, 3.05) is 6.54 Å². The molecule has 0 saturated carbocycles. The molecule has 3 rings (SSSR count). The number of hydrogen-bond donors (Lipinski definition) is 2. The van der Waals surface area contributed by atoms with E-state index < -0.39 is 11.7 Å². The smallest absolute Gasteiger partial charge is 0.334 e. The second-order valence-electron chi connectivity index (χ2n) is 5.48. The summed E-state index contributed by atoms with van der Waals surface area (Å²) >= 11 is 4.94. The van der Waals surface area contributed by atoms with Gasteiger partial charge in [0.2, 0.25) is 0 Å². The minimum Gasteiger partial charge on any atom is -0.334 e. The molecule has 0 bridgehead atoms. The van der Waals surface area contributed by atoms with Crippen molar-refractivity contribution in [1.29, 1.82) is 0 Å². The van der Waals surface area contributed by atoms with Gasteiger partial charge >= 0.3 is 6.18 Å². The van der Waals surface area contributed by atoms with E-state index in [4.69, 9.17) is 12.2 Å². The van der Waals surface area contributed by atoms with Crippen LogP contribution in [-0.2, 0) is 25.7 Å². The summed E-state index contributed by atoms with van der Waals surface area (Å²) in [5, 5.41) is 0. The minimum absolute atomic E-state index is 0.169. The van der Waals surface area contributed by atoms with Gasteiger partial charge in [0.25, 0.3) is 5.56 Å². The van der Waals surface area contributed by atoms with Gasteiger partial charge in [0.05, 0.1) is 5.56 Å². The average molecular weight is 341 g/mol. The van der Waals surface area contributed by atoms with Crippen molar-refractivity contribution < 1.29 is 13.2 Å². The molecule has 2 heterocycles. The van der Waals surface area contributed by atoms with Crippen LogP contribution in [0.1, 0.15) is 22.4 Å². The van der Waals surface area contributed by atoms with Crippen molar-refractivity contribution >= 4 is 12.2 Å². The number of aromatic amines is 2. The fourth-order valence-electron chi connectivity index (χ4n) is 2.84. The predicted molar refractivity (Wildman–Crippen MR) is 81.5 cm³/mol. The van der Waals surface area contributed by atoms with Gasteiger partial charge in [0.1, 0.15) is 0 Å². The van der Waals surface area contributed by atoms with E-state index in [9.17, 15) is 18.0 Å². The number of rotatable bonds is 2. The van der Waals surface area contributed by atoms with Gasteiger partial charge in [-0.25, -0.2) is 0 Å². The maximum Gasteiger partial charge on any atom is 0.416 e. The van der Waals surface area contributed by atoms with Gasteiger partial charge < -0.3 is 4.98 Å². The third kappa shape index (κ3) is 3.37. The van der Waals surface area contributed by atoms with Crippen molar-refractivity contribution in [3.63, 3.8) is 0 Å². The van der Waals surface area contributed by atoms with Gasteiger partial charge in [-0.15, -0.1) is 0 Å². The number of halogens is 3. The molecule has 122 valence electrons. The molecule has 0 saturated heterocycles. The fraction of sp³-hybridized carbons (Fsp3) is 0.333. The molecule has 1 aliphatic rings. The Morgan fingerprint density at radius 1 is 1.22 bits per heavy atom. The number of aromatic nitrogens is 2. The van der Waals surface area contributed by atoms with E-state index in [1.807, 2.05) is 4.90 Å². The first-order chi connectivity index (χ1) is 10.8. The summed E-state index contributed by atoms with van der Waals surface area (Å²) in [5.74, 6) is 0. The number of nitrogens with zero attached hydrogens (tertiary/aromatic N) is 1. The zero-order chi connectivity index (χ0) is 16.6. The monoisotopic (exact) mass is 341 g/mol. The summed E-state index contributed by atoms with van der Waals surface area (Å²) in [5.41, 5.74) is 0.684. The molecule has 0 spiro atoms. The number of nitrogens with one attached hydrogen (secondary N) is 2. The first-order valence-corrected chi connectivity index (χ1v) is 7.47. The lowest BCUT2D eigenvalue weighted by atomic mass is 10.0. The molecule has 1 aromatic heterocycles. The first kappa shape index (κ1) is 15.9. The summed E-state index contributed by atoms with van der Waals surface area (Å²) in [4.78, 5) is 19.2. The average Bonchev–Trinajstić information content (AvgIpc) is 2.46. The number of alkyl halides is 3. The van der Waals surface area contributed by atoms with E-state index in [-0.39, 0.29) is 22.4 Å². The van der Waals surface area contributed by atoms with Gasteiger partial charge in [-0.1, -0.05) is 18.2 Å². The Bertz CT molecular complexity index is 841. The van der Waals surface area contributed by atoms with E-state index in [0.717, 1.165) is 6.07 Å². The third-order valence-electron chi connectivity index (χ3n) is 3.91. The van der Waals surface area contributed by atoms with E-state index in [1.165, 1.54) is 12.1 Å². The van der Waals surface area contributed by atoms with Crippen LogP contribution in [0.3, 0.4) is 0 Å². The van der Waals surface area contributed by atoms with Crippen molar-refractivity contribution in [1.82, 2.24) is 14.9 Å². The maximum absolute atomic E-state index is 13.1. The lowest BCUT2D eigenvalue weighted by molar-refractivity contribution is -0.138. The molecule has 2 N–H and O–H groups in total. The standard InChI is InChI=1S/C15H14F3N3OS/c16-15(17,18)11-4-2-1-3-9(11)7-21-6-5-10-12(8-21)19-14(23)20-13(10)22/h1-4H,5-8H2,(H2,19,20,22,23). The molecule has 4 nitrogen and oxygen atoms in total. The van der Waals surface area contributed by atoms with E-state index in [0.29, 0.717) is 30.8 Å². The Kier molecular flexibility index (Phi) is 4.11. The van der Waals surface area contributed by atoms with Crippen molar-refractivity contribution in [3.05, 3.63) is 61.8 Å². The van der Waals surface area contributed by atoms with Crippen LogP contribution in [0.5, 0.6) is 0 Å². The molecule has 8 heteroatoms. The number of benzene rings is 1. The first-order valence-electron chi connectivity index (χ1n) is 7.06. The molecule has 1 aliphatic heterocycles. The van der Waals surface area contributed by atoms with Gasteiger partial charge in [0.15, 0.2) is 4.77 Å².